The zero-order valence-electron chi connectivity index (χ0n) is 12.9. The van der Waals surface area contributed by atoms with E-state index in [-0.39, 0.29) is 0 Å². The van der Waals surface area contributed by atoms with Gasteiger partial charge in [-0.1, -0.05) is 36.8 Å². The molecule has 2 fully saturated rings. The molecule has 3 nitrogen and oxygen atoms in total. The maximum Gasteiger partial charge on any atom is 0.223 e. The van der Waals surface area contributed by atoms with Gasteiger partial charge in [0.2, 0.25) is 5.91 Å². The van der Waals surface area contributed by atoms with Crippen LogP contribution >= 0.6 is 0 Å². The molecule has 1 saturated carbocycles. The number of nitrogens with zero attached hydrogens (tertiary/aromatic N) is 1. The van der Waals surface area contributed by atoms with Crippen molar-refractivity contribution in [2.45, 2.75) is 51.1 Å². The van der Waals surface area contributed by atoms with E-state index in [0.717, 1.165) is 38.8 Å². The predicted molar refractivity (Wildman–Crippen MR) is 84.9 cm³/mol. The average molecular weight is 286 g/mol. The molecule has 3 rings (SSSR count). The number of hydrogen-bond donors (Lipinski definition) is 1. The van der Waals surface area contributed by atoms with Crippen LogP contribution in [0.1, 0.15) is 50.6 Å². The van der Waals surface area contributed by atoms with E-state index in [9.17, 15) is 4.79 Å². The number of rotatable bonds is 4. The van der Waals surface area contributed by atoms with E-state index >= 15 is 0 Å². The topological polar surface area (TPSA) is 32.3 Å². The van der Waals surface area contributed by atoms with Crippen molar-refractivity contribution < 1.29 is 4.79 Å². The molecule has 1 atom stereocenters. The Kier molecular flexibility index (Phi) is 4.59. The molecule has 21 heavy (non-hydrogen) atoms. The number of carbonyl (C=O) groups is 1. The molecule has 1 heterocycles. The SMILES string of the molecule is CC(c1ccccc1)N1CCC(NC(=O)C2CCC2)CC1. The van der Waals surface area contributed by atoms with Crippen molar-refractivity contribution in [3.63, 3.8) is 0 Å². The van der Waals surface area contributed by atoms with Gasteiger partial charge >= 0.3 is 0 Å². The third-order valence-corrected chi connectivity index (χ3v) is 5.18. The Hall–Kier alpha value is -1.35. The maximum absolute atomic E-state index is 12.0. The summed E-state index contributed by atoms with van der Waals surface area (Å²) in [6.07, 6.45) is 5.57. The molecule has 2 aliphatic rings. The molecule has 3 heteroatoms. The molecular weight excluding hydrogens is 260 g/mol. The Morgan fingerprint density at radius 1 is 1.14 bits per heavy atom. The van der Waals surface area contributed by atoms with Gasteiger partial charge in [-0.05, 0) is 38.2 Å². The van der Waals surface area contributed by atoms with E-state index in [1.54, 1.807) is 0 Å². The highest BCUT2D eigenvalue weighted by atomic mass is 16.2. The van der Waals surface area contributed by atoms with Crippen molar-refractivity contribution in [2.75, 3.05) is 13.1 Å². The fraction of sp³-hybridized carbons (Fsp3) is 0.611. The van der Waals surface area contributed by atoms with Crippen LogP contribution in [0.2, 0.25) is 0 Å². The first-order valence-electron chi connectivity index (χ1n) is 8.33. The van der Waals surface area contributed by atoms with Gasteiger partial charge in [-0.2, -0.15) is 0 Å². The van der Waals surface area contributed by atoms with Crippen molar-refractivity contribution in [3.8, 4) is 0 Å². The summed E-state index contributed by atoms with van der Waals surface area (Å²) in [5.41, 5.74) is 1.38. The first-order chi connectivity index (χ1) is 10.2. The van der Waals surface area contributed by atoms with Gasteiger partial charge in [0.1, 0.15) is 0 Å². The summed E-state index contributed by atoms with van der Waals surface area (Å²) in [6, 6.07) is 11.5. The van der Waals surface area contributed by atoms with Crippen molar-refractivity contribution in [3.05, 3.63) is 35.9 Å². The lowest BCUT2D eigenvalue weighted by Gasteiger charge is -2.37. The van der Waals surface area contributed by atoms with Crippen molar-refractivity contribution >= 4 is 5.91 Å². The van der Waals surface area contributed by atoms with Gasteiger partial charge in [0.15, 0.2) is 0 Å². The van der Waals surface area contributed by atoms with Crippen LogP contribution in [-0.2, 0) is 4.79 Å². The average Bonchev–Trinajstić information content (AvgIpc) is 2.46. The zero-order valence-corrected chi connectivity index (χ0v) is 12.9. The quantitative estimate of drug-likeness (QED) is 0.922. The lowest BCUT2D eigenvalue weighted by atomic mass is 9.84. The van der Waals surface area contributed by atoms with E-state index in [2.05, 4.69) is 47.5 Å². The molecule has 0 spiro atoms. The molecule has 1 aliphatic heterocycles. The second-order valence-corrected chi connectivity index (χ2v) is 6.53. The minimum Gasteiger partial charge on any atom is -0.353 e. The maximum atomic E-state index is 12.0. The van der Waals surface area contributed by atoms with Gasteiger partial charge in [0.05, 0.1) is 0 Å². The van der Waals surface area contributed by atoms with Crippen molar-refractivity contribution in [1.29, 1.82) is 0 Å². The first-order valence-corrected chi connectivity index (χ1v) is 8.33. The minimum atomic E-state index is 0.302. The highest BCUT2D eigenvalue weighted by Gasteiger charge is 2.29. The van der Waals surface area contributed by atoms with Crippen molar-refractivity contribution in [1.82, 2.24) is 10.2 Å². The van der Waals surface area contributed by atoms with Crippen LogP contribution in [0.3, 0.4) is 0 Å². The van der Waals surface area contributed by atoms with Crippen LogP contribution in [0.5, 0.6) is 0 Å². The Bertz CT molecular complexity index is 461. The minimum absolute atomic E-state index is 0.302. The highest BCUT2D eigenvalue weighted by Crippen LogP contribution is 2.28. The number of nitrogens with one attached hydrogen (secondary N) is 1. The van der Waals surface area contributed by atoms with Gasteiger partial charge < -0.3 is 5.32 Å². The molecule has 1 aromatic rings. The van der Waals surface area contributed by atoms with Gasteiger partial charge in [0.25, 0.3) is 0 Å². The number of carbonyl (C=O) groups excluding carboxylic acids is 1. The molecule has 1 N–H and O–H groups in total. The normalized spacial score (nSPS) is 22.5. The lowest BCUT2D eigenvalue weighted by molar-refractivity contribution is -0.128. The van der Waals surface area contributed by atoms with Crippen LogP contribution < -0.4 is 5.32 Å². The molecular formula is C18H26N2O. The summed E-state index contributed by atoms with van der Waals surface area (Å²) in [7, 11) is 0. The predicted octanol–water partition coefficient (Wildman–Crippen LogP) is 3.13. The van der Waals surface area contributed by atoms with Gasteiger partial charge in [0, 0.05) is 31.1 Å². The molecule has 0 radical (unpaired) electrons. The third-order valence-electron chi connectivity index (χ3n) is 5.18. The Labute approximate surface area is 127 Å². The summed E-state index contributed by atoms with van der Waals surface area (Å²) < 4.78 is 0. The van der Waals surface area contributed by atoms with Crippen LogP contribution in [0.25, 0.3) is 0 Å². The molecule has 1 aromatic carbocycles. The third kappa shape index (κ3) is 3.46. The van der Waals surface area contributed by atoms with Gasteiger partial charge in [-0.15, -0.1) is 0 Å². The number of likely N-dealkylation sites (tertiary alicyclic amines) is 1. The molecule has 114 valence electrons. The molecule has 0 aromatic heterocycles. The Morgan fingerprint density at radius 3 is 2.38 bits per heavy atom. The number of hydrogen-bond acceptors (Lipinski definition) is 2. The highest BCUT2D eigenvalue weighted by molar-refractivity contribution is 5.79. The van der Waals surface area contributed by atoms with Crippen LogP contribution in [-0.4, -0.2) is 29.9 Å². The van der Waals surface area contributed by atoms with Crippen LogP contribution in [0.4, 0.5) is 0 Å². The standard InChI is InChI=1S/C18H26N2O/c1-14(15-6-3-2-4-7-15)20-12-10-17(11-13-20)19-18(21)16-8-5-9-16/h2-4,6-7,14,16-17H,5,8-13H2,1H3,(H,19,21). The largest absolute Gasteiger partial charge is 0.353 e. The number of piperidine rings is 1. The van der Waals surface area contributed by atoms with E-state index in [4.69, 9.17) is 0 Å². The Balaban J connectivity index is 1.47. The summed E-state index contributed by atoms with van der Waals surface area (Å²) in [5, 5.41) is 3.25. The lowest BCUT2D eigenvalue weighted by Crippen LogP contribution is -2.47. The summed E-state index contributed by atoms with van der Waals surface area (Å²) in [6.45, 7) is 4.43. The van der Waals surface area contributed by atoms with E-state index in [0.29, 0.717) is 23.9 Å². The second kappa shape index (κ2) is 6.61. The first kappa shape index (κ1) is 14.6. The summed E-state index contributed by atoms with van der Waals surface area (Å²) >= 11 is 0. The summed E-state index contributed by atoms with van der Waals surface area (Å²) in [5.74, 6) is 0.613. The van der Waals surface area contributed by atoms with Crippen LogP contribution in [0.15, 0.2) is 30.3 Å². The fourth-order valence-corrected chi connectivity index (χ4v) is 3.36. The Morgan fingerprint density at radius 2 is 1.81 bits per heavy atom. The van der Waals surface area contributed by atoms with E-state index in [1.165, 1.54) is 12.0 Å². The smallest absolute Gasteiger partial charge is 0.223 e. The summed E-state index contributed by atoms with van der Waals surface area (Å²) in [4.78, 5) is 14.5. The molecule has 1 saturated heterocycles. The van der Waals surface area contributed by atoms with Crippen LogP contribution in [0, 0.1) is 5.92 Å². The molecule has 1 aliphatic carbocycles. The van der Waals surface area contributed by atoms with E-state index < -0.39 is 0 Å². The van der Waals surface area contributed by atoms with Gasteiger partial charge in [-0.3, -0.25) is 9.69 Å². The number of amides is 1. The molecule has 1 amide bonds. The molecule has 1 unspecified atom stereocenters. The fourth-order valence-electron chi connectivity index (χ4n) is 3.36. The second-order valence-electron chi connectivity index (χ2n) is 6.53. The van der Waals surface area contributed by atoms with Crippen molar-refractivity contribution in [2.24, 2.45) is 5.92 Å². The molecule has 0 bridgehead atoms. The van der Waals surface area contributed by atoms with Gasteiger partial charge in [-0.25, -0.2) is 0 Å². The monoisotopic (exact) mass is 286 g/mol. The number of benzene rings is 1. The zero-order chi connectivity index (χ0) is 14.7. The van der Waals surface area contributed by atoms with E-state index in [1.807, 2.05) is 0 Å².